The summed E-state index contributed by atoms with van der Waals surface area (Å²) in [6.07, 6.45) is 4.57. The van der Waals surface area contributed by atoms with Crippen LogP contribution in [0.5, 0.6) is 0 Å². The van der Waals surface area contributed by atoms with E-state index in [4.69, 9.17) is 0 Å². The zero-order chi connectivity index (χ0) is 16.2. The molecule has 1 amide bonds. The van der Waals surface area contributed by atoms with Crippen molar-refractivity contribution in [2.24, 2.45) is 0 Å². The van der Waals surface area contributed by atoms with Gasteiger partial charge >= 0.3 is 0 Å². The minimum Gasteiger partial charge on any atom is -0.388 e. The number of benzene rings is 1. The van der Waals surface area contributed by atoms with Gasteiger partial charge in [-0.3, -0.25) is 9.69 Å². The Balaban J connectivity index is 2.04. The van der Waals surface area contributed by atoms with E-state index in [0.29, 0.717) is 5.56 Å². The second-order valence-electron chi connectivity index (χ2n) is 6.42. The highest BCUT2D eigenvalue weighted by molar-refractivity contribution is 5.83. The van der Waals surface area contributed by atoms with E-state index < -0.39 is 11.6 Å². The molecule has 0 spiro atoms. The lowest BCUT2D eigenvalue weighted by Gasteiger charge is -2.33. The van der Waals surface area contributed by atoms with Crippen molar-refractivity contribution in [2.45, 2.75) is 43.7 Å². The Labute approximate surface area is 131 Å². The second kappa shape index (κ2) is 7.20. The van der Waals surface area contributed by atoms with Crippen LogP contribution in [0.1, 0.15) is 43.7 Å². The van der Waals surface area contributed by atoms with Gasteiger partial charge < -0.3 is 10.4 Å². The summed E-state index contributed by atoms with van der Waals surface area (Å²) in [6.45, 7) is 0.255. The molecule has 0 aromatic heterocycles. The van der Waals surface area contributed by atoms with Gasteiger partial charge in [-0.25, -0.2) is 4.39 Å². The fourth-order valence-corrected chi connectivity index (χ4v) is 3.10. The van der Waals surface area contributed by atoms with Crippen molar-refractivity contribution in [3.05, 3.63) is 35.6 Å². The summed E-state index contributed by atoms with van der Waals surface area (Å²) in [5.41, 5.74) is -0.190. The predicted molar refractivity (Wildman–Crippen MR) is 83.9 cm³/mol. The Morgan fingerprint density at radius 1 is 1.36 bits per heavy atom. The van der Waals surface area contributed by atoms with Gasteiger partial charge in [0.15, 0.2) is 0 Å². The first-order chi connectivity index (χ1) is 10.4. The smallest absolute Gasteiger partial charge is 0.242 e. The summed E-state index contributed by atoms with van der Waals surface area (Å²) >= 11 is 0. The number of hydrogen-bond acceptors (Lipinski definition) is 3. The molecule has 1 fully saturated rings. The first kappa shape index (κ1) is 16.9. The molecule has 1 saturated carbocycles. The van der Waals surface area contributed by atoms with Crippen LogP contribution in [0.15, 0.2) is 24.3 Å². The molecule has 0 radical (unpaired) electrons. The molecule has 0 bridgehead atoms. The standard InChI is InChI=1S/C17H25FN2O2/c1-20(2)15(13-7-6-8-14(18)11-13)16(21)19-12-17(22)9-4-3-5-10-17/h6-8,11,15,22H,3-5,9-10,12H2,1-2H3,(H,19,21)/t15-/m1/s1. The van der Waals surface area contributed by atoms with Gasteiger partial charge in [-0.15, -0.1) is 0 Å². The van der Waals surface area contributed by atoms with Crippen molar-refractivity contribution in [2.75, 3.05) is 20.6 Å². The summed E-state index contributed by atoms with van der Waals surface area (Å²) < 4.78 is 13.4. The average molecular weight is 308 g/mol. The highest BCUT2D eigenvalue weighted by Crippen LogP contribution is 2.27. The van der Waals surface area contributed by atoms with Crippen LogP contribution < -0.4 is 5.32 Å². The van der Waals surface area contributed by atoms with Gasteiger partial charge in [0, 0.05) is 6.54 Å². The quantitative estimate of drug-likeness (QED) is 0.877. The summed E-state index contributed by atoms with van der Waals surface area (Å²) in [4.78, 5) is 14.2. The fraction of sp³-hybridized carbons (Fsp3) is 0.588. The lowest BCUT2D eigenvalue weighted by molar-refractivity contribution is -0.127. The molecule has 2 N–H and O–H groups in total. The van der Waals surface area contributed by atoms with Crippen molar-refractivity contribution in [1.29, 1.82) is 0 Å². The number of carbonyl (C=O) groups is 1. The molecular formula is C17H25FN2O2. The maximum atomic E-state index is 13.4. The molecule has 1 aliphatic carbocycles. The summed E-state index contributed by atoms with van der Waals surface area (Å²) in [6, 6.07) is 5.51. The SMILES string of the molecule is CN(C)[C@@H](C(=O)NCC1(O)CCCCC1)c1cccc(F)c1. The number of hydrogen-bond donors (Lipinski definition) is 2. The Morgan fingerprint density at radius 3 is 2.64 bits per heavy atom. The zero-order valence-corrected chi connectivity index (χ0v) is 13.3. The third-order valence-corrected chi connectivity index (χ3v) is 4.31. The van der Waals surface area contributed by atoms with E-state index in [9.17, 15) is 14.3 Å². The van der Waals surface area contributed by atoms with E-state index in [1.807, 2.05) is 0 Å². The number of rotatable bonds is 5. The maximum absolute atomic E-state index is 13.4. The molecule has 5 heteroatoms. The van der Waals surface area contributed by atoms with Crippen LogP contribution in [-0.4, -0.2) is 42.2 Å². The monoisotopic (exact) mass is 308 g/mol. The first-order valence-electron chi connectivity index (χ1n) is 7.83. The van der Waals surface area contributed by atoms with Crippen molar-refractivity contribution in [1.82, 2.24) is 10.2 Å². The van der Waals surface area contributed by atoms with E-state index in [1.165, 1.54) is 12.1 Å². The number of halogens is 1. The first-order valence-corrected chi connectivity index (χ1v) is 7.83. The molecule has 2 rings (SSSR count). The number of likely N-dealkylation sites (N-methyl/N-ethyl adjacent to an activating group) is 1. The highest BCUT2D eigenvalue weighted by atomic mass is 19.1. The average Bonchev–Trinajstić information content (AvgIpc) is 2.46. The van der Waals surface area contributed by atoms with Gasteiger partial charge in [-0.1, -0.05) is 31.4 Å². The maximum Gasteiger partial charge on any atom is 0.242 e. The third kappa shape index (κ3) is 4.27. The molecule has 1 atom stereocenters. The molecule has 1 aromatic rings. The Bertz CT molecular complexity index is 513. The van der Waals surface area contributed by atoms with Crippen LogP contribution in [0.2, 0.25) is 0 Å². The van der Waals surface area contributed by atoms with Crippen LogP contribution in [-0.2, 0) is 4.79 Å². The minimum atomic E-state index is -0.799. The van der Waals surface area contributed by atoms with Gasteiger partial charge in [0.05, 0.1) is 5.60 Å². The molecule has 0 heterocycles. The lowest BCUT2D eigenvalue weighted by atomic mass is 9.85. The Morgan fingerprint density at radius 2 is 2.05 bits per heavy atom. The number of carbonyl (C=O) groups excluding carboxylic acids is 1. The summed E-state index contributed by atoms with van der Waals surface area (Å²) in [5.74, 6) is -0.572. The molecule has 1 aromatic carbocycles. The fourth-order valence-electron chi connectivity index (χ4n) is 3.10. The van der Waals surface area contributed by atoms with E-state index in [1.54, 1.807) is 31.1 Å². The number of aliphatic hydroxyl groups is 1. The Hall–Kier alpha value is -1.46. The van der Waals surface area contributed by atoms with Crippen LogP contribution in [0.4, 0.5) is 4.39 Å². The van der Waals surface area contributed by atoms with Crippen LogP contribution in [0, 0.1) is 5.82 Å². The largest absolute Gasteiger partial charge is 0.388 e. The van der Waals surface area contributed by atoms with Crippen molar-refractivity contribution < 1.29 is 14.3 Å². The molecule has 1 aliphatic rings. The molecule has 0 aliphatic heterocycles. The molecular weight excluding hydrogens is 283 g/mol. The van der Waals surface area contributed by atoms with Crippen molar-refractivity contribution in [3.63, 3.8) is 0 Å². The van der Waals surface area contributed by atoms with Crippen LogP contribution in [0.3, 0.4) is 0 Å². The summed E-state index contributed by atoms with van der Waals surface area (Å²) in [7, 11) is 3.56. The van der Waals surface area contributed by atoms with E-state index in [2.05, 4.69) is 5.32 Å². The molecule has 22 heavy (non-hydrogen) atoms. The van der Waals surface area contributed by atoms with E-state index in [0.717, 1.165) is 32.1 Å². The zero-order valence-electron chi connectivity index (χ0n) is 13.3. The molecule has 122 valence electrons. The topological polar surface area (TPSA) is 52.6 Å². The lowest BCUT2D eigenvalue weighted by Crippen LogP contribution is -2.47. The molecule has 0 saturated heterocycles. The van der Waals surface area contributed by atoms with Gasteiger partial charge in [-0.2, -0.15) is 0 Å². The minimum absolute atomic E-state index is 0.213. The number of amides is 1. The number of nitrogens with zero attached hydrogens (tertiary/aromatic N) is 1. The highest BCUT2D eigenvalue weighted by Gasteiger charge is 2.31. The van der Waals surface area contributed by atoms with Crippen molar-refractivity contribution >= 4 is 5.91 Å². The summed E-state index contributed by atoms with van der Waals surface area (Å²) in [5, 5.41) is 13.3. The van der Waals surface area contributed by atoms with Crippen molar-refractivity contribution in [3.8, 4) is 0 Å². The molecule has 0 unspecified atom stereocenters. The third-order valence-electron chi connectivity index (χ3n) is 4.31. The molecule has 4 nitrogen and oxygen atoms in total. The van der Waals surface area contributed by atoms with E-state index >= 15 is 0 Å². The van der Waals surface area contributed by atoms with Crippen LogP contribution >= 0.6 is 0 Å². The normalized spacial score (nSPS) is 19.0. The van der Waals surface area contributed by atoms with Gasteiger partial charge in [0.2, 0.25) is 5.91 Å². The van der Waals surface area contributed by atoms with Gasteiger partial charge in [0.1, 0.15) is 11.9 Å². The van der Waals surface area contributed by atoms with E-state index in [-0.39, 0.29) is 18.3 Å². The number of nitrogens with one attached hydrogen (secondary N) is 1. The predicted octanol–water partition coefficient (Wildman–Crippen LogP) is 2.24. The van der Waals surface area contributed by atoms with Gasteiger partial charge in [0.25, 0.3) is 0 Å². The van der Waals surface area contributed by atoms with Gasteiger partial charge in [-0.05, 0) is 44.6 Å². The Kier molecular flexibility index (Phi) is 5.53. The van der Waals surface area contributed by atoms with Crippen LogP contribution in [0.25, 0.3) is 0 Å². The second-order valence-corrected chi connectivity index (χ2v) is 6.42.